The van der Waals surface area contributed by atoms with Gasteiger partial charge < -0.3 is 4.90 Å². The maximum atomic E-state index is 13.7. The zero-order valence-electron chi connectivity index (χ0n) is 14.7. The van der Waals surface area contributed by atoms with Crippen molar-refractivity contribution in [3.8, 4) is 0 Å². The molecular weight excluding hydrogens is 310 g/mol. The number of carbonyl (C=O) groups is 1. The van der Waals surface area contributed by atoms with Crippen molar-refractivity contribution in [2.24, 2.45) is 5.92 Å². The Bertz CT molecular complexity index is 526. The molecule has 1 aliphatic rings. The zero-order chi connectivity index (χ0) is 17.5. The van der Waals surface area contributed by atoms with Crippen LogP contribution < -0.4 is 0 Å². The molecule has 1 fully saturated rings. The fraction of sp³-hybridized carbons (Fsp3) is 0.632. The molecular formula is C19H28F2N2O. The molecule has 5 heteroatoms. The Morgan fingerprint density at radius 2 is 1.92 bits per heavy atom. The van der Waals surface area contributed by atoms with Crippen LogP contribution in [-0.4, -0.2) is 48.4 Å². The lowest BCUT2D eigenvalue weighted by atomic mass is 9.91. The fourth-order valence-electron chi connectivity index (χ4n) is 3.52. The lowest BCUT2D eigenvalue weighted by Gasteiger charge is -2.33. The Balaban J connectivity index is 1.86. The number of piperidine rings is 1. The predicted octanol–water partition coefficient (Wildman–Crippen LogP) is 3.48. The molecule has 1 aromatic rings. The van der Waals surface area contributed by atoms with E-state index in [-0.39, 0.29) is 11.5 Å². The minimum absolute atomic E-state index is 0.167. The van der Waals surface area contributed by atoms with Gasteiger partial charge in [0.1, 0.15) is 11.6 Å². The minimum Gasteiger partial charge on any atom is -0.342 e. The molecule has 0 unspecified atom stereocenters. The Labute approximate surface area is 143 Å². The number of hydrogen-bond acceptors (Lipinski definition) is 2. The highest BCUT2D eigenvalue weighted by atomic mass is 19.1. The summed E-state index contributed by atoms with van der Waals surface area (Å²) in [4.78, 5) is 16.3. The number of amides is 1. The topological polar surface area (TPSA) is 23.6 Å². The molecule has 0 aromatic heterocycles. The van der Waals surface area contributed by atoms with E-state index >= 15 is 0 Å². The Hall–Kier alpha value is -1.49. The molecule has 1 heterocycles. The van der Waals surface area contributed by atoms with Crippen LogP contribution in [0.15, 0.2) is 18.2 Å². The van der Waals surface area contributed by atoms with Crippen LogP contribution in [0.3, 0.4) is 0 Å². The summed E-state index contributed by atoms with van der Waals surface area (Å²) >= 11 is 0. The normalized spacial score (nSPS) is 18.6. The average molecular weight is 338 g/mol. The van der Waals surface area contributed by atoms with Crippen molar-refractivity contribution in [3.05, 3.63) is 35.4 Å². The van der Waals surface area contributed by atoms with E-state index in [2.05, 4.69) is 4.90 Å². The van der Waals surface area contributed by atoms with Gasteiger partial charge in [0.2, 0.25) is 5.91 Å². The first kappa shape index (κ1) is 18.8. The molecule has 1 saturated heterocycles. The summed E-state index contributed by atoms with van der Waals surface area (Å²) in [6.07, 6.45) is 3.27. The monoisotopic (exact) mass is 338 g/mol. The lowest BCUT2D eigenvalue weighted by Crippen LogP contribution is -2.44. The van der Waals surface area contributed by atoms with E-state index in [0.29, 0.717) is 18.9 Å². The van der Waals surface area contributed by atoms with Crippen molar-refractivity contribution >= 4 is 5.91 Å². The van der Waals surface area contributed by atoms with Gasteiger partial charge in [0, 0.05) is 25.2 Å². The molecule has 24 heavy (non-hydrogen) atoms. The second-order valence-electron chi connectivity index (χ2n) is 6.55. The largest absolute Gasteiger partial charge is 0.342 e. The zero-order valence-corrected chi connectivity index (χ0v) is 14.7. The first-order valence-corrected chi connectivity index (χ1v) is 8.98. The van der Waals surface area contributed by atoms with Gasteiger partial charge in [-0.05, 0) is 64.1 Å². The van der Waals surface area contributed by atoms with Crippen LogP contribution >= 0.6 is 0 Å². The van der Waals surface area contributed by atoms with Gasteiger partial charge >= 0.3 is 0 Å². The highest BCUT2D eigenvalue weighted by Gasteiger charge is 2.23. The smallest absolute Gasteiger partial charge is 0.236 e. The van der Waals surface area contributed by atoms with Crippen molar-refractivity contribution in [1.29, 1.82) is 0 Å². The van der Waals surface area contributed by atoms with Crippen molar-refractivity contribution in [2.45, 2.75) is 39.5 Å². The van der Waals surface area contributed by atoms with Crippen LogP contribution in [0.25, 0.3) is 0 Å². The van der Waals surface area contributed by atoms with Crippen molar-refractivity contribution < 1.29 is 13.6 Å². The third kappa shape index (κ3) is 5.00. The van der Waals surface area contributed by atoms with Gasteiger partial charge in [0.25, 0.3) is 0 Å². The van der Waals surface area contributed by atoms with Gasteiger partial charge in [-0.15, -0.1) is 0 Å². The molecule has 134 valence electrons. The average Bonchev–Trinajstić information content (AvgIpc) is 2.56. The summed E-state index contributed by atoms with van der Waals surface area (Å²) in [5.41, 5.74) is 0.189. The van der Waals surface area contributed by atoms with Crippen LogP contribution in [0.5, 0.6) is 0 Å². The van der Waals surface area contributed by atoms with E-state index in [1.54, 1.807) is 0 Å². The maximum Gasteiger partial charge on any atom is 0.236 e. The highest BCUT2D eigenvalue weighted by molar-refractivity contribution is 5.78. The summed E-state index contributed by atoms with van der Waals surface area (Å²) in [6.45, 7) is 7.66. The molecule has 1 aromatic carbocycles. The second-order valence-corrected chi connectivity index (χ2v) is 6.55. The fourth-order valence-corrected chi connectivity index (χ4v) is 3.52. The summed E-state index contributed by atoms with van der Waals surface area (Å²) in [6, 6.07) is 4.03. The number of likely N-dealkylation sites (N-methyl/N-ethyl adjacent to an activating group) is 1. The predicted molar refractivity (Wildman–Crippen MR) is 91.8 cm³/mol. The van der Waals surface area contributed by atoms with Crippen LogP contribution in [-0.2, 0) is 11.2 Å². The van der Waals surface area contributed by atoms with Gasteiger partial charge in [-0.25, -0.2) is 8.78 Å². The van der Waals surface area contributed by atoms with Crippen molar-refractivity contribution in [2.75, 3.05) is 32.7 Å². The molecule has 0 N–H and O–H groups in total. The SMILES string of the molecule is CCN(CC)C(=O)CN1CCC[C@H](CCc2c(F)cccc2F)C1. The lowest BCUT2D eigenvalue weighted by molar-refractivity contribution is -0.132. The van der Waals surface area contributed by atoms with Gasteiger partial charge in [0.15, 0.2) is 0 Å². The van der Waals surface area contributed by atoms with E-state index in [4.69, 9.17) is 0 Å². The minimum atomic E-state index is -0.459. The highest BCUT2D eigenvalue weighted by Crippen LogP contribution is 2.23. The molecule has 0 aliphatic carbocycles. The number of likely N-dealkylation sites (tertiary alicyclic amines) is 1. The van der Waals surface area contributed by atoms with Gasteiger partial charge in [-0.2, -0.15) is 0 Å². The number of carbonyl (C=O) groups excluding carboxylic acids is 1. The molecule has 0 saturated carbocycles. The number of rotatable bonds is 7. The molecule has 0 radical (unpaired) electrons. The first-order valence-electron chi connectivity index (χ1n) is 8.98. The van der Waals surface area contributed by atoms with Crippen LogP contribution in [0, 0.1) is 17.6 Å². The first-order chi connectivity index (χ1) is 11.5. The summed E-state index contributed by atoms with van der Waals surface area (Å²) < 4.78 is 27.4. The number of nitrogens with zero attached hydrogens (tertiary/aromatic N) is 2. The van der Waals surface area contributed by atoms with E-state index in [1.165, 1.54) is 18.2 Å². The number of benzene rings is 1. The van der Waals surface area contributed by atoms with Crippen LogP contribution in [0.2, 0.25) is 0 Å². The van der Waals surface area contributed by atoms with Crippen LogP contribution in [0.1, 0.15) is 38.7 Å². The maximum absolute atomic E-state index is 13.7. The summed E-state index contributed by atoms with van der Waals surface area (Å²) in [7, 11) is 0. The van der Waals surface area contributed by atoms with E-state index in [9.17, 15) is 13.6 Å². The molecule has 0 spiro atoms. The number of hydrogen-bond donors (Lipinski definition) is 0. The Morgan fingerprint density at radius 1 is 1.25 bits per heavy atom. The standard InChI is InChI=1S/C19H28F2N2O/c1-3-23(4-2)19(24)14-22-12-6-7-15(13-22)10-11-16-17(20)8-5-9-18(16)21/h5,8-9,15H,3-4,6-7,10-14H2,1-2H3/t15-/m1/s1. The molecule has 0 bridgehead atoms. The molecule has 1 amide bonds. The number of halogens is 2. The van der Waals surface area contributed by atoms with Gasteiger partial charge in [0.05, 0.1) is 6.54 Å². The molecule has 2 rings (SSSR count). The molecule has 3 nitrogen and oxygen atoms in total. The van der Waals surface area contributed by atoms with Crippen molar-refractivity contribution in [3.63, 3.8) is 0 Å². The van der Waals surface area contributed by atoms with Gasteiger partial charge in [-0.1, -0.05) is 6.07 Å². The summed E-state index contributed by atoms with van der Waals surface area (Å²) in [5, 5.41) is 0. The van der Waals surface area contributed by atoms with Crippen molar-refractivity contribution in [1.82, 2.24) is 9.80 Å². The van der Waals surface area contributed by atoms with Crippen LogP contribution in [0.4, 0.5) is 8.78 Å². The molecule has 1 atom stereocenters. The third-order valence-electron chi connectivity index (χ3n) is 4.94. The summed E-state index contributed by atoms with van der Waals surface area (Å²) in [5.74, 6) is -0.359. The second kappa shape index (κ2) is 9.11. The van der Waals surface area contributed by atoms with E-state index < -0.39 is 11.6 Å². The third-order valence-corrected chi connectivity index (χ3v) is 4.94. The Morgan fingerprint density at radius 3 is 2.54 bits per heavy atom. The molecule has 1 aliphatic heterocycles. The van der Waals surface area contributed by atoms with E-state index in [0.717, 1.165) is 45.4 Å². The quantitative estimate of drug-likeness (QED) is 0.760. The Kier molecular flexibility index (Phi) is 7.16. The van der Waals surface area contributed by atoms with E-state index in [1.807, 2.05) is 18.7 Å². The van der Waals surface area contributed by atoms with Gasteiger partial charge in [-0.3, -0.25) is 9.69 Å².